The Morgan fingerprint density at radius 2 is 1.60 bits per heavy atom. The second kappa shape index (κ2) is 6.16. The van der Waals surface area contributed by atoms with Crippen molar-refractivity contribution < 1.29 is 27.7 Å². The zero-order valence-electron chi connectivity index (χ0n) is 8.17. The van der Waals surface area contributed by atoms with Crippen LogP contribution in [0.4, 0.5) is 0 Å². The quantitative estimate of drug-likeness (QED) is 0.512. The molecule has 0 amide bonds. The summed E-state index contributed by atoms with van der Waals surface area (Å²) < 4.78 is 24.7. The Hall–Kier alpha value is -1.39. The third-order valence-corrected chi connectivity index (χ3v) is 2.41. The van der Waals surface area contributed by atoms with Crippen LogP contribution in [-0.4, -0.2) is 18.5 Å². The first-order chi connectivity index (χ1) is 6.97. The van der Waals surface area contributed by atoms with E-state index in [1.807, 2.05) is 0 Å². The molecule has 0 N–H and O–H groups in total. The molecule has 0 atom stereocenters. The molecule has 0 fully saturated rings. The fourth-order valence-electron chi connectivity index (χ4n) is 0.524. The Bertz CT molecular complexity index is 295. The third kappa shape index (κ3) is 5.15. The van der Waals surface area contributed by atoms with Crippen molar-refractivity contribution in [2.75, 3.05) is 6.61 Å². The minimum atomic E-state index is -4.21. The lowest BCUT2D eigenvalue weighted by atomic mass is 10.7. The van der Waals surface area contributed by atoms with Crippen LogP contribution in [0.25, 0.3) is 0 Å². The Morgan fingerprint density at radius 3 is 1.87 bits per heavy atom. The average molecular weight is 234 g/mol. The van der Waals surface area contributed by atoms with Crippen molar-refractivity contribution in [3.8, 4) is 0 Å². The highest BCUT2D eigenvalue weighted by Gasteiger charge is 2.33. The first-order valence-electron chi connectivity index (χ1n) is 3.94. The Labute approximate surface area is 87.1 Å². The predicted octanol–water partition coefficient (Wildman–Crippen LogP) is 1.59. The van der Waals surface area contributed by atoms with Gasteiger partial charge < -0.3 is 9.05 Å². The first kappa shape index (κ1) is 13.6. The van der Waals surface area contributed by atoms with Gasteiger partial charge in [0.1, 0.15) is 0 Å². The van der Waals surface area contributed by atoms with E-state index in [-0.39, 0.29) is 6.61 Å². The molecular weight excluding hydrogens is 223 g/mol. The lowest BCUT2D eigenvalue weighted by molar-refractivity contribution is -0.135. The molecule has 84 valence electrons. The van der Waals surface area contributed by atoms with Gasteiger partial charge in [-0.2, -0.15) is 0 Å². The van der Waals surface area contributed by atoms with E-state index in [2.05, 4.69) is 26.7 Å². The smallest absolute Gasteiger partial charge is 0.358 e. The van der Waals surface area contributed by atoms with Crippen LogP contribution >= 0.6 is 7.82 Å². The molecule has 0 aliphatic rings. The molecule has 0 spiro atoms. The summed E-state index contributed by atoms with van der Waals surface area (Å²) in [6.07, 6.45) is 1.54. The van der Waals surface area contributed by atoms with Gasteiger partial charge in [-0.05, 0) is 6.92 Å². The molecule has 0 bridgehead atoms. The molecule has 0 unspecified atom stereocenters. The minimum Gasteiger partial charge on any atom is -0.358 e. The van der Waals surface area contributed by atoms with Gasteiger partial charge in [-0.1, -0.05) is 13.2 Å². The van der Waals surface area contributed by atoms with Crippen molar-refractivity contribution in [3.05, 3.63) is 25.3 Å². The van der Waals surface area contributed by atoms with Crippen LogP contribution in [0.15, 0.2) is 25.3 Å². The summed E-state index contributed by atoms with van der Waals surface area (Å²) in [5, 5.41) is 0. The number of phosphoric acid groups is 1. The van der Waals surface area contributed by atoms with Crippen LogP contribution in [0.5, 0.6) is 0 Å². The van der Waals surface area contributed by atoms with Gasteiger partial charge in [-0.15, -0.1) is 0 Å². The van der Waals surface area contributed by atoms with Gasteiger partial charge in [0.15, 0.2) is 0 Å². The van der Waals surface area contributed by atoms with E-state index in [0.717, 1.165) is 12.2 Å². The van der Waals surface area contributed by atoms with E-state index in [9.17, 15) is 14.2 Å². The van der Waals surface area contributed by atoms with Crippen molar-refractivity contribution >= 4 is 19.8 Å². The normalized spacial score (nSPS) is 10.2. The number of phosphoric ester groups is 1. The molecule has 15 heavy (non-hydrogen) atoms. The molecule has 6 nitrogen and oxygen atoms in total. The average Bonchev–Trinajstić information content (AvgIpc) is 2.17. The van der Waals surface area contributed by atoms with Crippen molar-refractivity contribution in [1.29, 1.82) is 0 Å². The van der Waals surface area contributed by atoms with Crippen molar-refractivity contribution in [3.63, 3.8) is 0 Å². The maximum absolute atomic E-state index is 11.5. The van der Waals surface area contributed by atoms with Crippen LogP contribution in [-0.2, 0) is 27.7 Å². The molecule has 0 radical (unpaired) electrons. The van der Waals surface area contributed by atoms with Crippen LogP contribution in [0.2, 0.25) is 0 Å². The summed E-state index contributed by atoms with van der Waals surface area (Å²) in [5.74, 6) is -2.02. The number of carbonyl (C=O) groups is 2. The molecule has 0 aromatic heterocycles. The minimum absolute atomic E-state index is 0.0495. The van der Waals surface area contributed by atoms with Crippen LogP contribution in [0.1, 0.15) is 6.92 Å². The molecule has 0 aromatic carbocycles. The third-order valence-electron chi connectivity index (χ3n) is 1.02. The molecule has 0 saturated heterocycles. The summed E-state index contributed by atoms with van der Waals surface area (Å²) in [5.41, 5.74) is 0. The molecular formula is C8H11O6P. The number of carbonyl (C=O) groups excluding carboxylic acids is 2. The highest BCUT2D eigenvalue weighted by atomic mass is 31.2. The van der Waals surface area contributed by atoms with Crippen molar-refractivity contribution in [2.24, 2.45) is 0 Å². The zero-order chi connectivity index (χ0) is 11.9. The maximum atomic E-state index is 11.5. The second-order valence-corrected chi connectivity index (χ2v) is 3.61. The number of rotatable bonds is 6. The van der Waals surface area contributed by atoms with E-state index in [1.54, 1.807) is 0 Å². The van der Waals surface area contributed by atoms with E-state index in [0.29, 0.717) is 0 Å². The topological polar surface area (TPSA) is 78.9 Å². The van der Waals surface area contributed by atoms with Gasteiger partial charge in [0.2, 0.25) is 0 Å². The Morgan fingerprint density at radius 1 is 1.20 bits per heavy atom. The fraction of sp³-hybridized carbons (Fsp3) is 0.250. The maximum Gasteiger partial charge on any atom is 0.592 e. The number of hydrogen-bond donors (Lipinski definition) is 0. The monoisotopic (exact) mass is 234 g/mol. The van der Waals surface area contributed by atoms with Crippen molar-refractivity contribution in [1.82, 2.24) is 0 Å². The van der Waals surface area contributed by atoms with Gasteiger partial charge in [0.05, 0.1) is 6.61 Å². The van der Waals surface area contributed by atoms with E-state index >= 15 is 0 Å². The van der Waals surface area contributed by atoms with E-state index in [1.165, 1.54) is 6.92 Å². The van der Waals surface area contributed by atoms with Gasteiger partial charge in [0, 0.05) is 12.2 Å². The molecule has 0 saturated carbocycles. The van der Waals surface area contributed by atoms with Crippen LogP contribution in [0, 0.1) is 0 Å². The largest absolute Gasteiger partial charge is 0.592 e. The molecule has 0 heterocycles. The Kier molecular flexibility index (Phi) is 5.59. The second-order valence-electron chi connectivity index (χ2n) is 2.09. The molecule has 0 aliphatic carbocycles. The van der Waals surface area contributed by atoms with Gasteiger partial charge in [-0.25, -0.2) is 14.2 Å². The molecule has 0 aromatic rings. The fourth-order valence-corrected chi connectivity index (χ4v) is 1.57. The molecule has 0 rings (SSSR count). The zero-order valence-corrected chi connectivity index (χ0v) is 9.07. The summed E-state index contributed by atoms with van der Waals surface area (Å²) in [6, 6.07) is 0. The lowest BCUT2D eigenvalue weighted by Crippen LogP contribution is -2.07. The first-order valence-corrected chi connectivity index (χ1v) is 5.40. The predicted molar refractivity (Wildman–Crippen MR) is 51.8 cm³/mol. The summed E-state index contributed by atoms with van der Waals surface area (Å²) in [4.78, 5) is 21.5. The van der Waals surface area contributed by atoms with Crippen LogP contribution in [0.3, 0.4) is 0 Å². The van der Waals surface area contributed by atoms with Gasteiger partial charge >= 0.3 is 19.8 Å². The highest BCUT2D eigenvalue weighted by molar-refractivity contribution is 7.49. The van der Waals surface area contributed by atoms with E-state index in [4.69, 9.17) is 0 Å². The van der Waals surface area contributed by atoms with Crippen molar-refractivity contribution in [2.45, 2.75) is 6.92 Å². The Balaban J connectivity index is 4.65. The summed E-state index contributed by atoms with van der Waals surface area (Å²) >= 11 is 0. The lowest BCUT2D eigenvalue weighted by Gasteiger charge is -2.13. The summed E-state index contributed by atoms with van der Waals surface area (Å²) in [7, 11) is -4.21. The molecule has 0 aliphatic heterocycles. The van der Waals surface area contributed by atoms with E-state index < -0.39 is 19.8 Å². The van der Waals surface area contributed by atoms with Gasteiger partial charge in [-0.3, -0.25) is 4.52 Å². The summed E-state index contributed by atoms with van der Waals surface area (Å²) in [6.45, 7) is 7.63. The SMILES string of the molecule is C=CC(=O)OP(=O)(OCC)OC(=O)C=C. The van der Waals surface area contributed by atoms with Crippen LogP contribution < -0.4 is 0 Å². The van der Waals surface area contributed by atoms with Gasteiger partial charge in [0.25, 0.3) is 0 Å². The standard InChI is InChI=1S/C8H11O6P/c1-4-7(9)13-15(11,12-6-3)14-8(10)5-2/h4-5H,1-2,6H2,3H3. The number of hydrogen-bond acceptors (Lipinski definition) is 6. The highest BCUT2D eigenvalue weighted by Crippen LogP contribution is 2.49. The molecule has 7 heteroatoms.